The first-order valence-electron chi connectivity index (χ1n) is 11.1. The second-order valence-corrected chi connectivity index (χ2v) is 10.2. The van der Waals surface area contributed by atoms with Crippen molar-refractivity contribution in [2.75, 3.05) is 13.1 Å². The molecule has 4 aromatic rings. The van der Waals surface area contributed by atoms with Gasteiger partial charge in [0.2, 0.25) is 5.95 Å². The standard InChI is InChI=1S/C26H21BrFN5OS/c27-19-12-20(35-16-19)2-1-8-32-9-6-24-22(15-32)21-10-17(13-29)3-4-23(21)33(24)26(34)31-14-18-5-7-30-25(28)11-18/h1-5,7,10-12,16H,6,8-9,14-15H2,(H,31,34). The summed E-state index contributed by atoms with van der Waals surface area (Å²) in [4.78, 5) is 20.3. The fourth-order valence-corrected chi connectivity index (χ4v) is 5.78. The van der Waals surface area contributed by atoms with Crippen molar-refractivity contribution in [3.8, 4) is 6.07 Å². The van der Waals surface area contributed by atoms with Crippen molar-refractivity contribution in [3.63, 3.8) is 0 Å². The molecule has 35 heavy (non-hydrogen) atoms. The van der Waals surface area contributed by atoms with Gasteiger partial charge >= 0.3 is 6.03 Å². The second kappa shape index (κ2) is 10.1. The van der Waals surface area contributed by atoms with Crippen LogP contribution in [0.3, 0.4) is 0 Å². The van der Waals surface area contributed by atoms with Crippen LogP contribution in [-0.2, 0) is 19.5 Å². The summed E-state index contributed by atoms with van der Waals surface area (Å²) >= 11 is 5.17. The monoisotopic (exact) mass is 549 g/mol. The molecule has 1 aliphatic heterocycles. The Hall–Kier alpha value is -3.32. The van der Waals surface area contributed by atoms with E-state index in [1.54, 1.807) is 28.0 Å². The maximum atomic E-state index is 13.4. The van der Waals surface area contributed by atoms with Crippen molar-refractivity contribution < 1.29 is 9.18 Å². The van der Waals surface area contributed by atoms with Crippen LogP contribution >= 0.6 is 27.3 Å². The van der Waals surface area contributed by atoms with Crippen molar-refractivity contribution in [2.24, 2.45) is 0 Å². The average Bonchev–Trinajstić information content (AvgIpc) is 3.42. The van der Waals surface area contributed by atoms with Gasteiger partial charge in [0.15, 0.2) is 0 Å². The van der Waals surface area contributed by atoms with Gasteiger partial charge in [0.05, 0.1) is 17.1 Å². The third-order valence-corrected chi connectivity index (χ3v) is 7.69. The van der Waals surface area contributed by atoms with E-state index >= 15 is 0 Å². The molecule has 1 aliphatic rings. The number of aromatic nitrogens is 2. The second-order valence-electron chi connectivity index (χ2n) is 8.30. The Morgan fingerprint density at radius 2 is 2.20 bits per heavy atom. The molecule has 6 nitrogen and oxygen atoms in total. The molecule has 0 unspecified atom stereocenters. The SMILES string of the molecule is N#Cc1ccc2c(c1)c1c(n2C(=O)NCc2ccnc(F)c2)CCN(CC=Cc2cc(Br)cs2)C1. The minimum absolute atomic E-state index is 0.193. The number of carbonyl (C=O) groups is 1. The number of amides is 1. The molecule has 0 saturated carbocycles. The minimum Gasteiger partial charge on any atom is -0.333 e. The molecule has 4 heterocycles. The zero-order valence-electron chi connectivity index (χ0n) is 18.7. The number of nitriles is 1. The lowest BCUT2D eigenvalue weighted by atomic mass is 10.0. The fraction of sp³-hybridized carbons (Fsp3) is 0.192. The van der Waals surface area contributed by atoms with Gasteiger partial charge in [-0.3, -0.25) is 9.47 Å². The molecule has 176 valence electrons. The van der Waals surface area contributed by atoms with Crippen molar-refractivity contribution in [1.82, 2.24) is 19.8 Å². The zero-order valence-corrected chi connectivity index (χ0v) is 21.1. The van der Waals surface area contributed by atoms with E-state index in [4.69, 9.17) is 0 Å². The van der Waals surface area contributed by atoms with Crippen LogP contribution in [0.25, 0.3) is 17.0 Å². The van der Waals surface area contributed by atoms with Crippen molar-refractivity contribution in [2.45, 2.75) is 19.5 Å². The van der Waals surface area contributed by atoms with Crippen molar-refractivity contribution in [3.05, 3.63) is 91.7 Å². The van der Waals surface area contributed by atoms with Gasteiger partial charge < -0.3 is 5.32 Å². The first kappa shape index (κ1) is 23.4. The molecular formula is C26H21BrFN5OS. The van der Waals surface area contributed by atoms with E-state index in [1.807, 2.05) is 12.1 Å². The zero-order chi connectivity index (χ0) is 24.4. The summed E-state index contributed by atoms with van der Waals surface area (Å²) < 4.78 is 16.2. The van der Waals surface area contributed by atoms with Gasteiger partial charge in [0, 0.05) is 64.6 Å². The number of rotatable bonds is 5. The highest BCUT2D eigenvalue weighted by Crippen LogP contribution is 2.32. The Morgan fingerprint density at radius 3 is 2.97 bits per heavy atom. The van der Waals surface area contributed by atoms with Crippen LogP contribution in [0.2, 0.25) is 0 Å². The van der Waals surface area contributed by atoms with Crippen LogP contribution in [0, 0.1) is 17.3 Å². The van der Waals surface area contributed by atoms with Gasteiger partial charge in [-0.1, -0.05) is 6.08 Å². The largest absolute Gasteiger partial charge is 0.333 e. The Balaban J connectivity index is 1.40. The van der Waals surface area contributed by atoms with Crippen LogP contribution in [0.5, 0.6) is 0 Å². The summed E-state index contributed by atoms with van der Waals surface area (Å²) in [6.07, 6.45) is 6.37. The number of halogens is 2. The molecule has 0 radical (unpaired) electrons. The highest BCUT2D eigenvalue weighted by Gasteiger charge is 2.26. The van der Waals surface area contributed by atoms with E-state index in [1.165, 1.54) is 17.1 Å². The first-order chi connectivity index (χ1) is 17.0. The van der Waals surface area contributed by atoms with Gasteiger partial charge in [0.25, 0.3) is 0 Å². The predicted octanol–water partition coefficient (Wildman–Crippen LogP) is 5.70. The number of hydrogen-bond donors (Lipinski definition) is 1. The van der Waals surface area contributed by atoms with Crippen molar-refractivity contribution in [1.29, 1.82) is 5.26 Å². The highest BCUT2D eigenvalue weighted by atomic mass is 79.9. The number of hydrogen-bond acceptors (Lipinski definition) is 5. The Kier molecular flexibility index (Phi) is 6.77. The molecule has 0 spiro atoms. The molecule has 1 aromatic carbocycles. The van der Waals surface area contributed by atoms with Gasteiger partial charge in [-0.05, 0) is 69.5 Å². The number of fused-ring (bicyclic) bond motifs is 3. The van der Waals surface area contributed by atoms with Gasteiger partial charge in [-0.2, -0.15) is 9.65 Å². The van der Waals surface area contributed by atoms with Crippen molar-refractivity contribution >= 4 is 50.3 Å². The minimum atomic E-state index is -0.578. The lowest BCUT2D eigenvalue weighted by molar-refractivity contribution is 0.240. The molecule has 0 saturated heterocycles. The normalized spacial score (nSPS) is 13.7. The molecular weight excluding hydrogens is 529 g/mol. The van der Waals surface area contributed by atoms with E-state index in [0.29, 0.717) is 24.1 Å². The summed E-state index contributed by atoms with van der Waals surface area (Å²) in [6.45, 7) is 2.49. The molecule has 5 rings (SSSR count). The maximum Gasteiger partial charge on any atom is 0.326 e. The van der Waals surface area contributed by atoms with Gasteiger partial charge in [-0.15, -0.1) is 11.3 Å². The van der Waals surface area contributed by atoms with E-state index in [-0.39, 0.29) is 12.6 Å². The molecule has 1 N–H and O–H groups in total. The molecule has 3 aromatic heterocycles. The summed E-state index contributed by atoms with van der Waals surface area (Å²) in [5, 5.41) is 15.3. The van der Waals surface area contributed by atoms with E-state index < -0.39 is 5.95 Å². The van der Waals surface area contributed by atoms with Gasteiger partial charge in [-0.25, -0.2) is 9.78 Å². The predicted molar refractivity (Wildman–Crippen MR) is 139 cm³/mol. The molecule has 0 atom stereocenters. The smallest absolute Gasteiger partial charge is 0.326 e. The van der Waals surface area contributed by atoms with Crippen LogP contribution in [-0.4, -0.2) is 33.6 Å². The summed E-state index contributed by atoms with van der Waals surface area (Å²) in [6, 6.07) is 12.4. The van der Waals surface area contributed by atoms with Crippen LogP contribution < -0.4 is 5.32 Å². The van der Waals surface area contributed by atoms with E-state index in [9.17, 15) is 14.4 Å². The average molecular weight is 550 g/mol. The number of nitrogens with one attached hydrogen (secondary N) is 1. The third kappa shape index (κ3) is 5.05. The number of benzene rings is 1. The summed E-state index contributed by atoms with van der Waals surface area (Å²) in [5.41, 5.74) is 3.99. The third-order valence-electron chi connectivity index (χ3n) is 6.03. The molecule has 0 bridgehead atoms. The number of carbonyl (C=O) groups excluding carboxylic acids is 1. The van der Waals surface area contributed by atoms with Crippen LogP contribution in [0.15, 0.2) is 58.5 Å². The molecule has 0 fully saturated rings. The Labute approximate surface area is 214 Å². The molecule has 1 amide bonds. The van der Waals surface area contributed by atoms with Crippen LogP contribution in [0.1, 0.15) is 27.3 Å². The first-order valence-corrected chi connectivity index (χ1v) is 12.8. The van der Waals surface area contributed by atoms with E-state index in [2.05, 4.69) is 60.8 Å². The summed E-state index contributed by atoms with van der Waals surface area (Å²) in [5.74, 6) is -0.578. The number of thiophene rings is 1. The quantitative estimate of drug-likeness (QED) is 0.324. The van der Waals surface area contributed by atoms with Crippen LogP contribution in [0.4, 0.5) is 9.18 Å². The lowest BCUT2D eigenvalue weighted by Crippen LogP contribution is -2.34. The topological polar surface area (TPSA) is 74.0 Å². The van der Waals surface area contributed by atoms with Gasteiger partial charge in [0.1, 0.15) is 0 Å². The van der Waals surface area contributed by atoms with E-state index in [0.717, 1.165) is 39.7 Å². The number of pyridine rings is 1. The maximum absolute atomic E-state index is 13.4. The highest BCUT2D eigenvalue weighted by molar-refractivity contribution is 9.10. The summed E-state index contributed by atoms with van der Waals surface area (Å²) in [7, 11) is 0. The molecule has 9 heteroatoms. The Morgan fingerprint density at radius 1 is 1.31 bits per heavy atom. The molecule has 0 aliphatic carbocycles. The lowest BCUT2D eigenvalue weighted by Gasteiger charge is -2.27. The fourth-order valence-electron chi connectivity index (χ4n) is 4.41. The number of nitrogens with zero attached hydrogens (tertiary/aromatic N) is 4. The Bertz CT molecular complexity index is 1480.